The van der Waals surface area contributed by atoms with E-state index in [0.29, 0.717) is 0 Å². The van der Waals surface area contributed by atoms with Crippen molar-refractivity contribution >= 4 is 49.2 Å². The highest BCUT2D eigenvalue weighted by Crippen LogP contribution is 2.45. The maximum absolute atomic E-state index is 2.38. The molecule has 9 aromatic carbocycles. The summed E-state index contributed by atoms with van der Waals surface area (Å²) in [6.07, 6.45) is 6.83. The van der Waals surface area contributed by atoms with Crippen LogP contribution in [-0.4, -0.2) is 0 Å². The van der Waals surface area contributed by atoms with Crippen LogP contribution in [0.5, 0.6) is 0 Å². The van der Waals surface area contributed by atoms with Gasteiger partial charge in [-0.05, 0) is 130 Å². The molecule has 0 atom stereocenters. The first kappa shape index (κ1) is 28.7. The molecule has 0 aliphatic heterocycles. The summed E-state index contributed by atoms with van der Waals surface area (Å²) < 4.78 is 0. The number of fused-ring (bicyclic) bond motifs is 6. The molecule has 50 heavy (non-hydrogen) atoms. The van der Waals surface area contributed by atoms with Crippen LogP contribution in [0.2, 0.25) is 0 Å². The zero-order chi connectivity index (χ0) is 33.0. The number of rotatable bonds is 4. The molecule has 0 saturated heterocycles. The smallest absolute Gasteiger partial charge is 0.00262 e. The van der Waals surface area contributed by atoms with E-state index in [9.17, 15) is 0 Å². The highest BCUT2D eigenvalue weighted by atomic mass is 14.2. The Kier molecular flexibility index (Phi) is 6.74. The van der Waals surface area contributed by atoms with Crippen molar-refractivity contribution in [1.82, 2.24) is 0 Å². The van der Waals surface area contributed by atoms with Crippen molar-refractivity contribution in [2.24, 2.45) is 0 Å². The highest BCUT2D eigenvalue weighted by molar-refractivity contribution is 6.21. The lowest BCUT2D eigenvalue weighted by molar-refractivity contribution is 0.986. The molecular weight excluding hydrogens is 601 g/mol. The maximum atomic E-state index is 2.38. The SMILES string of the molecule is C1=Cc2cc(-c3cccc(-c4c5ccccc5c(-c5ccc(-c6cc7ccccc7c7ccccc67)cc5)c5ccccc45)c3)ccc2CC1. The molecule has 0 saturated carbocycles. The van der Waals surface area contributed by atoms with Crippen molar-refractivity contribution < 1.29 is 0 Å². The lowest BCUT2D eigenvalue weighted by atomic mass is 9.85. The van der Waals surface area contributed by atoms with Gasteiger partial charge >= 0.3 is 0 Å². The summed E-state index contributed by atoms with van der Waals surface area (Å²) in [7, 11) is 0. The van der Waals surface area contributed by atoms with Crippen molar-refractivity contribution in [3.63, 3.8) is 0 Å². The molecule has 0 heteroatoms. The quantitative estimate of drug-likeness (QED) is 0.133. The van der Waals surface area contributed by atoms with Crippen LogP contribution >= 0.6 is 0 Å². The normalized spacial score (nSPS) is 12.6. The number of benzene rings is 9. The third kappa shape index (κ3) is 4.68. The van der Waals surface area contributed by atoms with Gasteiger partial charge in [-0.15, -0.1) is 0 Å². The molecule has 0 N–H and O–H groups in total. The van der Waals surface area contributed by atoms with Crippen molar-refractivity contribution in [1.29, 1.82) is 0 Å². The third-order valence-corrected chi connectivity index (χ3v) is 10.7. The Morgan fingerprint density at radius 1 is 0.340 bits per heavy atom. The topological polar surface area (TPSA) is 0 Å². The van der Waals surface area contributed by atoms with Gasteiger partial charge in [0.1, 0.15) is 0 Å². The Morgan fingerprint density at radius 3 is 1.60 bits per heavy atom. The average molecular weight is 635 g/mol. The van der Waals surface area contributed by atoms with E-state index in [2.05, 4.69) is 182 Å². The van der Waals surface area contributed by atoms with Gasteiger partial charge in [-0.1, -0.05) is 164 Å². The minimum absolute atomic E-state index is 1.12. The summed E-state index contributed by atoms with van der Waals surface area (Å²) >= 11 is 0. The van der Waals surface area contributed by atoms with Gasteiger partial charge in [-0.25, -0.2) is 0 Å². The molecule has 1 aliphatic rings. The predicted molar refractivity (Wildman–Crippen MR) is 216 cm³/mol. The zero-order valence-corrected chi connectivity index (χ0v) is 27.7. The van der Waals surface area contributed by atoms with Gasteiger partial charge in [0.15, 0.2) is 0 Å². The van der Waals surface area contributed by atoms with E-state index in [1.165, 1.54) is 98.7 Å². The summed E-state index contributed by atoms with van der Waals surface area (Å²) in [5.41, 5.74) is 12.9. The van der Waals surface area contributed by atoms with Crippen LogP contribution in [0, 0.1) is 0 Å². The second-order valence-electron chi connectivity index (χ2n) is 13.5. The van der Waals surface area contributed by atoms with E-state index in [-0.39, 0.29) is 0 Å². The van der Waals surface area contributed by atoms with Crippen molar-refractivity contribution in [3.8, 4) is 44.5 Å². The van der Waals surface area contributed by atoms with Gasteiger partial charge < -0.3 is 0 Å². The third-order valence-electron chi connectivity index (χ3n) is 10.7. The Morgan fingerprint density at radius 2 is 0.880 bits per heavy atom. The number of allylic oxidation sites excluding steroid dienone is 1. The summed E-state index contributed by atoms with van der Waals surface area (Å²) in [6.45, 7) is 0. The zero-order valence-electron chi connectivity index (χ0n) is 27.7. The van der Waals surface area contributed by atoms with Gasteiger partial charge in [0.25, 0.3) is 0 Å². The second kappa shape index (κ2) is 11.7. The number of hydrogen-bond donors (Lipinski definition) is 0. The standard InChI is InChI=1S/C50H34/c1-2-13-36-30-38(29-24-33(36)12-1)37-15-11-16-40(31-37)50-46-22-9-7-20-44(46)49(45-21-8-10-23-47(45)50)35-27-25-34(26-28-35)48-32-39-14-3-4-17-41(39)42-18-5-6-19-43(42)48/h2-11,13-32H,1,12H2. The second-order valence-corrected chi connectivity index (χ2v) is 13.5. The van der Waals surface area contributed by atoms with Crippen molar-refractivity contribution in [3.05, 3.63) is 187 Å². The van der Waals surface area contributed by atoms with Gasteiger partial charge in [0.05, 0.1) is 0 Å². The number of aryl methyl sites for hydroxylation is 1. The van der Waals surface area contributed by atoms with Gasteiger partial charge in [0.2, 0.25) is 0 Å². The highest BCUT2D eigenvalue weighted by Gasteiger charge is 2.18. The molecule has 9 aromatic rings. The first-order chi connectivity index (χ1) is 24.8. The largest absolute Gasteiger partial charge is 0.0836 e. The maximum Gasteiger partial charge on any atom is -0.00262 e. The molecule has 0 fully saturated rings. The minimum Gasteiger partial charge on any atom is -0.0836 e. The van der Waals surface area contributed by atoms with Crippen LogP contribution in [0.1, 0.15) is 17.5 Å². The first-order valence-corrected chi connectivity index (χ1v) is 17.7. The van der Waals surface area contributed by atoms with Gasteiger partial charge in [0, 0.05) is 0 Å². The molecule has 0 nitrogen and oxygen atoms in total. The summed E-state index contributed by atoms with van der Waals surface area (Å²) in [5, 5.41) is 10.2. The Labute approximate surface area is 292 Å². The predicted octanol–water partition coefficient (Wildman–Crippen LogP) is 13.9. The molecule has 0 spiro atoms. The van der Waals surface area contributed by atoms with Crippen LogP contribution in [0.15, 0.2) is 176 Å². The van der Waals surface area contributed by atoms with E-state index < -0.39 is 0 Å². The van der Waals surface area contributed by atoms with Crippen molar-refractivity contribution in [2.75, 3.05) is 0 Å². The van der Waals surface area contributed by atoms with Crippen LogP contribution in [0.4, 0.5) is 0 Å². The fourth-order valence-corrected chi connectivity index (χ4v) is 8.32. The van der Waals surface area contributed by atoms with Gasteiger partial charge in [-0.2, -0.15) is 0 Å². The summed E-state index contributed by atoms with van der Waals surface area (Å²) in [6, 6.07) is 63.1. The Balaban J connectivity index is 1.13. The van der Waals surface area contributed by atoms with E-state index >= 15 is 0 Å². The van der Waals surface area contributed by atoms with Crippen molar-refractivity contribution in [2.45, 2.75) is 12.8 Å². The van der Waals surface area contributed by atoms with E-state index in [1.807, 2.05) is 0 Å². The molecule has 0 radical (unpaired) electrons. The van der Waals surface area contributed by atoms with Crippen LogP contribution in [0.25, 0.3) is 93.7 Å². The molecule has 0 amide bonds. The molecule has 0 unspecified atom stereocenters. The summed E-state index contributed by atoms with van der Waals surface area (Å²) in [5.74, 6) is 0. The molecular formula is C50H34. The fraction of sp³-hybridized carbons (Fsp3) is 0.0400. The van der Waals surface area contributed by atoms with Crippen LogP contribution in [0.3, 0.4) is 0 Å². The molecule has 0 bridgehead atoms. The van der Waals surface area contributed by atoms with Crippen LogP contribution in [-0.2, 0) is 6.42 Å². The molecule has 1 aliphatic carbocycles. The van der Waals surface area contributed by atoms with Crippen LogP contribution < -0.4 is 0 Å². The fourth-order valence-electron chi connectivity index (χ4n) is 8.32. The van der Waals surface area contributed by atoms with E-state index in [1.54, 1.807) is 0 Å². The average Bonchev–Trinajstić information content (AvgIpc) is 3.19. The lowest BCUT2D eigenvalue weighted by Crippen LogP contribution is -1.94. The molecule has 234 valence electrons. The molecule has 10 rings (SSSR count). The Bertz CT molecular complexity index is 2740. The Hall–Kier alpha value is -6.24. The van der Waals surface area contributed by atoms with E-state index in [4.69, 9.17) is 0 Å². The van der Waals surface area contributed by atoms with Gasteiger partial charge in [-0.3, -0.25) is 0 Å². The summed E-state index contributed by atoms with van der Waals surface area (Å²) in [4.78, 5) is 0. The molecule has 0 heterocycles. The monoisotopic (exact) mass is 634 g/mol. The minimum atomic E-state index is 1.12. The molecule has 0 aromatic heterocycles. The van der Waals surface area contributed by atoms with E-state index in [0.717, 1.165) is 12.8 Å². The first-order valence-electron chi connectivity index (χ1n) is 17.7. The lowest BCUT2D eigenvalue weighted by Gasteiger charge is -2.19. The number of hydrogen-bond acceptors (Lipinski definition) is 0.